The largest absolute Gasteiger partial charge is 0.269 e. The first-order valence-electron chi connectivity index (χ1n) is 5.07. The van der Waals surface area contributed by atoms with Crippen molar-refractivity contribution in [3.8, 4) is 0 Å². The molecule has 0 bridgehead atoms. The van der Waals surface area contributed by atoms with E-state index in [0.29, 0.717) is 11.4 Å². The van der Waals surface area contributed by atoms with E-state index in [2.05, 4.69) is 26.2 Å². The molecule has 0 saturated heterocycles. The molecule has 0 fully saturated rings. The lowest BCUT2D eigenvalue weighted by molar-refractivity contribution is -0.384. The van der Waals surface area contributed by atoms with Crippen LogP contribution in [-0.4, -0.2) is 4.92 Å². The molecule has 0 aliphatic rings. The summed E-state index contributed by atoms with van der Waals surface area (Å²) in [6.07, 6.45) is 0. The Kier molecular flexibility index (Phi) is 3.78. The zero-order chi connectivity index (χ0) is 13.0. The molecular weight excluding hydrogens is 298 g/mol. The van der Waals surface area contributed by atoms with Crippen molar-refractivity contribution in [2.75, 3.05) is 0 Å². The molecule has 0 amide bonds. The van der Waals surface area contributed by atoms with Crippen LogP contribution in [0.25, 0.3) is 0 Å². The summed E-state index contributed by atoms with van der Waals surface area (Å²) in [5.74, 6) is 0. The van der Waals surface area contributed by atoms with Gasteiger partial charge in [0.15, 0.2) is 0 Å². The van der Waals surface area contributed by atoms with Gasteiger partial charge in [-0.25, -0.2) is 0 Å². The fourth-order valence-corrected chi connectivity index (χ4v) is 1.68. The fraction of sp³-hybridized carbons (Fsp3) is 0. The Bertz CT molecular complexity index is 597. The lowest BCUT2D eigenvalue weighted by Gasteiger charge is -1.94. The normalized spacial score (nSPS) is 10.7. The van der Waals surface area contributed by atoms with Crippen LogP contribution in [0, 0.1) is 10.1 Å². The number of nitrogens with zero attached hydrogens (tertiary/aromatic N) is 3. The molecule has 6 heteroatoms. The molecule has 0 aromatic heterocycles. The summed E-state index contributed by atoms with van der Waals surface area (Å²) in [7, 11) is 0. The van der Waals surface area contributed by atoms with Gasteiger partial charge in [0, 0.05) is 16.6 Å². The molecule has 0 N–H and O–H groups in total. The van der Waals surface area contributed by atoms with Gasteiger partial charge in [-0.3, -0.25) is 10.1 Å². The summed E-state index contributed by atoms with van der Waals surface area (Å²) in [5.41, 5.74) is 1.32. The highest BCUT2D eigenvalue weighted by molar-refractivity contribution is 9.10. The molecule has 0 saturated carbocycles. The molecule has 0 aliphatic heterocycles. The second-order valence-electron chi connectivity index (χ2n) is 3.45. The summed E-state index contributed by atoms with van der Waals surface area (Å²) in [4.78, 5) is 10.0. The lowest BCUT2D eigenvalue weighted by Crippen LogP contribution is -1.85. The SMILES string of the molecule is O=[N+]([O-])c1ccc(N=Nc2cccc(Br)c2)cc1. The second kappa shape index (κ2) is 5.50. The number of nitro benzene ring substituents is 1. The van der Waals surface area contributed by atoms with Gasteiger partial charge in [-0.05, 0) is 30.3 Å². The molecule has 5 nitrogen and oxygen atoms in total. The van der Waals surface area contributed by atoms with Crippen molar-refractivity contribution >= 4 is 33.0 Å². The predicted octanol–water partition coefficient (Wildman–Crippen LogP) is 4.77. The van der Waals surface area contributed by atoms with Crippen LogP contribution in [0.1, 0.15) is 0 Å². The Labute approximate surface area is 111 Å². The van der Waals surface area contributed by atoms with Crippen LogP contribution >= 0.6 is 15.9 Å². The summed E-state index contributed by atoms with van der Waals surface area (Å²) < 4.78 is 0.919. The zero-order valence-electron chi connectivity index (χ0n) is 9.15. The number of hydrogen-bond donors (Lipinski definition) is 0. The maximum absolute atomic E-state index is 10.5. The number of nitro groups is 1. The Morgan fingerprint density at radius 2 is 1.67 bits per heavy atom. The van der Waals surface area contributed by atoms with Gasteiger partial charge in [0.25, 0.3) is 5.69 Å². The average molecular weight is 306 g/mol. The van der Waals surface area contributed by atoms with Crippen molar-refractivity contribution in [3.05, 3.63) is 63.1 Å². The van der Waals surface area contributed by atoms with E-state index in [9.17, 15) is 10.1 Å². The molecule has 2 aromatic carbocycles. The standard InChI is InChI=1S/C12H8BrN3O2/c13-9-2-1-3-11(8-9)15-14-10-4-6-12(7-5-10)16(17)18/h1-8H. The van der Waals surface area contributed by atoms with Crippen LogP contribution in [0.15, 0.2) is 63.2 Å². The minimum atomic E-state index is -0.449. The highest BCUT2D eigenvalue weighted by Gasteiger charge is 2.02. The summed E-state index contributed by atoms with van der Waals surface area (Å²) >= 11 is 3.34. The smallest absolute Gasteiger partial charge is 0.258 e. The molecular formula is C12H8BrN3O2. The lowest BCUT2D eigenvalue weighted by atomic mass is 10.3. The van der Waals surface area contributed by atoms with Crippen molar-refractivity contribution < 1.29 is 4.92 Å². The van der Waals surface area contributed by atoms with Crippen molar-refractivity contribution in [2.24, 2.45) is 10.2 Å². The van der Waals surface area contributed by atoms with E-state index in [1.54, 1.807) is 12.1 Å². The first-order valence-corrected chi connectivity index (χ1v) is 5.86. The van der Waals surface area contributed by atoms with Crippen molar-refractivity contribution in [2.45, 2.75) is 0 Å². The number of non-ortho nitro benzene ring substituents is 1. The van der Waals surface area contributed by atoms with Gasteiger partial charge in [0.05, 0.1) is 16.3 Å². The third-order valence-electron chi connectivity index (χ3n) is 2.15. The zero-order valence-corrected chi connectivity index (χ0v) is 10.7. The van der Waals surface area contributed by atoms with Crippen molar-refractivity contribution in [1.82, 2.24) is 0 Å². The predicted molar refractivity (Wildman–Crippen MR) is 71.4 cm³/mol. The average Bonchev–Trinajstić information content (AvgIpc) is 2.37. The van der Waals surface area contributed by atoms with Crippen LogP contribution < -0.4 is 0 Å². The van der Waals surface area contributed by atoms with Gasteiger partial charge in [-0.1, -0.05) is 22.0 Å². The number of rotatable bonds is 3. The maximum atomic E-state index is 10.5. The topological polar surface area (TPSA) is 67.9 Å². The van der Waals surface area contributed by atoms with Gasteiger partial charge < -0.3 is 0 Å². The molecule has 90 valence electrons. The first-order chi connectivity index (χ1) is 8.65. The third-order valence-corrected chi connectivity index (χ3v) is 2.64. The van der Waals surface area contributed by atoms with Crippen LogP contribution in [-0.2, 0) is 0 Å². The highest BCUT2D eigenvalue weighted by atomic mass is 79.9. The van der Waals surface area contributed by atoms with Crippen LogP contribution in [0.4, 0.5) is 17.1 Å². The quantitative estimate of drug-likeness (QED) is 0.465. The minimum absolute atomic E-state index is 0.0383. The Hall–Kier alpha value is -2.08. The number of benzene rings is 2. The van der Waals surface area contributed by atoms with Gasteiger partial charge in [0.1, 0.15) is 0 Å². The van der Waals surface area contributed by atoms with Gasteiger partial charge in [-0.2, -0.15) is 10.2 Å². The number of hydrogen-bond acceptors (Lipinski definition) is 4. The molecule has 0 spiro atoms. The molecule has 0 heterocycles. The van der Waals surface area contributed by atoms with Crippen LogP contribution in [0.2, 0.25) is 0 Å². The Balaban J connectivity index is 2.16. The first kappa shape index (κ1) is 12.4. The maximum Gasteiger partial charge on any atom is 0.269 e. The van der Waals surface area contributed by atoms with E-state index in [0.717, 1.165) is 4.47 Å². The Morgan fingerprint density at radius 1 is 1.00 bits per heavy atom. The summed E-state index contributed by atoms with van der Waals surface area (Å²) in [6, 6.07) is 13.3. The van der Waals surface area contributed by atoms with E-state index in [4.69, 9.17) is 0 Å². The van der Waals surface area contributed by atoms with E-state index in [-0.39, 0.29) is 5.69 Å². The molecule has 0 aliphatic carbocycles. The Morgan fingerprint density at radius 3 is 2.28 bits per heavy atom. The number of azo groups is 1. The van der Waals surface area contributed by atoms with Gasteiger partial charge in [0.2, 0.25) is 0 Å². The third kappa shape index (κ3) is 3.21. The highest BCUT2D eigenvalue weighted by Crippen LogP contribution is 2.23. The van der Waals surface area contributed by atoms with E-state index >= 15 is 0 Å². The molecule has 0 atom stereocenters. The molecule has 0 radical (unpaired) electrons. The molecule has 18 heavy (non-hydrogen) atoms. The van der Waals surface area contributed by atoms with E-state index in [1.807, 2.05) is 24.3 Å². The van der Waals surface area contributed by atoms with Gasteiger partial charge in [-0.15, -0.1) is 0 Å². The van der Waals surface area contributed by atoms with E-state index in [1.165, 1.54) is 12.1 Å². The number of halogens is 1. The molecule has 0 unspecified atom stereocenters. The van der Waals surface area contributed by atoms with Crippen LogP contribution in [0.3, 0.4) is 0 Å². The monoisotopic (exact) mass is 305 g/mol. The summed E-state index contributed by atoms with van der Waals surface area (Å²) in [5, 5.41) is 18.5. The van der Waals surface area contributed by atoms with E-state index < -0.39 is 4.92 Å². The minimum Gasteiger partial charge on any atom is -0.258 e. The van der Waals surface area contributed by atoms with Crippen molar-refractivity contribution in [3.63, 3.8) is 0 Å². The van der Waals surface area contributed by atoms with Gasteiger partial charge >= 0.3 is 0 Å². The van der Waals surface area contributed by atoms with Crippen molar-refractivity contribution in [1.29, 1.82) is 0 Å². The molecule has 2 aromatic rings. The fourth-order valence-electron chi connectivity index (χ4n) is 1.29. The molecule has 2 rings (SSSR count). The second-order valence-corrected chi connectivity index (χ2v) is 4.37. The summed E-state index contributed by atoms with van der Waals surface area (Å²) in [6.45, 7) is 0. The van der Waals surface area contributed by atoms with Crippen LogP contribution in [0.5, 0.6) is 0 Å².